The van der Waals surface area contributed by atoms with Crippen molar-refractivity contribution in [3.8, 4) is 0 Å². The topological polar surface area (TPSA) is 46.5 Å². The second-order valence-corrected chi connectivity index (χ2v) is 5.38. The number of carboxylic acid groups (broad SMARTS) is 1. The Hall–Kier alpha value is -1.65. The molecule has 0 bridgehead atoms. The van der Waals surface area contributed by atoms with Crippen LogP contribution >= 0.6 is 11.3 Å². The van der Waals surface area contributed by atoms with Crippen molar-refractivity contribution >= 4 is 17.3 Å². The molecule has 4 heteroatoms. The summed E-state index contributed by atoms with van der Waals surface area (Å²) in [6.07, 6.45) is 1.98. The fourth-order valence-electron chi connectivity index (χ4n) is 1.77. The monoisotopic (exact) mass is 276 g/mol. The van der Waals surface area contributed by atoms with Gasteiger partial charge in [0.05, 0.1) is 6.61 Å². The van der Waals surface area contributed by atoms with E-state index in [-0.39, 0.29) is 0 Å². The van der Waals surface area contributed by atoms with Gasteiger partial charge in [-0.2, -0.15) is 0 Å². The van der Waals surface area contributed by atoms with E-state index in [1.165, 1.54) is 16.9 Å². The Labute approximate surface area is 116 Å². The largest absolute Gasteiger partial charge is 0.477 e. The van der Waals surface area contributed by atoms with E-state index >= 15 is 0 Å². The molecule has 0 spiro atoms. The molecule has 0 aliphatic heterocycles. The molecule has 1 N–H and O–H groups in total. The van der Waals surface area contributed by atoms with Gasteiger partial charge in [-0.3, -0.25) is 0 Å². The van der Waals surface area contributed by atoms with Gasteiger partial charge in [0.25, 0.3) is 0 Å². The lowest BCUT2D eigenvalue weighted by Crippen LogP contribution is -1.96. The van der Waals surface area contributed by atoms with Crippen LogP contribution in [0, 0.1) is 0 Å². The molecule has 0 radical (unpaired) electrons. The molecule has 100 valence electrons. The van der Waals surface area contributed by atoms with Crippen LogP contribution in [0.15, 0.2) is 42.5 Å². The summed E-state index contributed by atoms with van der Waals surface area (Å²) >= 11 is 1.27. The first-order chi connectivity index (χ1) is 9.25. The number of rotatable bonds is 7. The van der Waals surface area contributed by atoms with Crippen molar-refractivity contribution in [2.45, 2.75) is 19.4 Å². The van der Waals surface area contributed by atoms with E-state index in [0.717, 1.165) is 17.7 Å². The van der Waals surface area contributed by atoms with Gasteiger partial charge in [0.1, 0.15) is 4.88 Å². The van der Waals surface area contributed by atoms with Crippen LogP contribution in [0.2, 0.25) is 0 Å². The molecule has 0 saturated heterocycles. The van der Waals surface area contributed by atoms with Gasteiger partial charge in [-0.15, -0.1) is 11.3 Å². The number of carbonyl (C=O) groups is 1. The SMILES string of the molecule is O=C(O)c1ccc(COCCCc2ccccc2)s1. The third kappa shape index (κ3) is 4.50. The maximum Gasteiger partial charge on any atom is 0.345 e. The summed E-state index contributed by atoms with van der Waals surface area (Å²) in [5.41, 5.74) is 1.32. The summed E-state index contributed by atoms with van der Waals surface area (Å²) in [7, 11) is 0. The first-order valence-electron chi connectivity index (χ1n) is 6.19. The van der Waals surface area contributed by atoms with Crippen LogP contribution in [0.3, 0.4) is 0 Å². The first-order valence-corrected chi connectivity index (χ1v) is 7.01. The highest BCUT2D eigenvalue weighted by molar-refractivity contribution is 7.13. The molecule has 3 nitrogen and oxygen atoms in total. The number of benzene rings is 1. The lowest BCUT2D eigenvalue weighted by molar-refractivity contribution is 0.0702. The summed E-state index contributed by atoms with van der Waals surface area (Å²) in [6.45, 7) is 1.18. The zero-order chi connectivity index (χ0) is 13.5. The van der Waals surface area contributed by atoms with Gasteiger partial charge in [0.2, 0.25) is 0 Å². The van der Waals surface area contributed by atoms with Gasteiger partial charge in [-0.25, -0.2) is 4.79 Å². The number of hydrogen-bond donors (Lipinski definition) is 1. The Morgan fingerprint density at radius 2 is 1.95 bits per heavy atom. The van der Waals surface area contributed by atoms with E-state index in [2.05, 4.69) is 12.1 Å². The predicted octanol–water partition coefficient (Wildman–Crippen LogP) is 3.60. The highest BCUT2D eigenvalue weighted by atomic mass is 32.1. The third-order valence-corrected chi connectivity index (χ3v) is 3.76. The van der Waals surface area contributed by atoms with Gasteiger partial charge >= 0.3 is 5.97 Å². The average Bonchev–Trinajstić information content (AvgIpc) is 2.89. The average molecular weight is 276 g/mol. The van der Waals surface area contributed by atoms with Gasteiger partial charge in [-0.1, -0.05) is 30.3 Å². The number of ether oxygens (including phenoxy) is 1. The van der Waals surface area contributed by atoms with Crippen LogP contribution in [-0.4, -0.2) is 17.7 Å². The number of carboxylic acids is 1. The van der Waals surface area contributed by atoms with Gasteiger partial charge in [-0.05, 0) is 30.5 Å². The van der Waals surface area contributed by atoms with E-state index in [1.807, 2.05) is 24.3 Å². The Balaban J connectivity index is 1.65. The fraction of sp³-hybridized carbons (Fsp3) is 0.267. The van der Waals surface area contributed by atoms with Gasteiger partial charge in [0, 0.05) is 11.5 Å². The molecule has 1 aromatic carbocycles. The van der Waals surface area contributed by atoms with Crippen molar-refractivity contribution < 1.29 is 14.6 Å². The highest BCUT2D eigenvalue weighted by Crippen LogP contribution is 2.17. The second-order valence-electron chi connectivity index (χ2n) is 4.21. The lowest BCUT2D eigenvalue weighted by atomic mass is 10.1. The second kappa shape index (κ2) is 7.07. The molecule has 0 saturated carbocycles. The molecular formula is C15H16O3S. The van der Waals surface area contributed by atoms with Crippen molar-refractivity contribution in [3.63, 3.8) is 0 Å². The zero-order valence-electron chi connectivity index (χ0n) is 10.5. The van der Waals surface area contributed by atoms with Crippen LogP contribution in [0.5, 0.6) is 0 Å². The first kappa shape index (κ1) is 13.8. The minimum atomic E-state index is -0.875. The minimum Gasteiger partial charge on any atom is -0.477 e. The van der Waals surface area contributed by atoms with Gasteiger partial charge in [0.15, 0.2) is 0 Å². The number of thiophene rings is 1. The van der Waals surface area contributed by atoms with E-state index in [0.29, 0.717) is 18.1 Å². The molecule has 19 heavy (non-hydrogen) atoms. The summed E-state index contributed by atoms with van der Waals surface area (Å²) in [6, 6.07) is 13.7. The summed E-state index contributed by atoms with van der Waals surface area (Å²) in [4.78, 5) is 12.0. The maximum absolute atomic E-state index is 10.7. The van der Waals surface area contributed by atoms with Crippen molar-refractivity contribution in [1.82, 2.24) is 0 Å². The van der Waals surface area contributed by atoms with Crippen molar-refractivity contribution in [2.24, 2.45) is 0 Å². The molecule has 1 heterocycles. The van der Waals surface area contributed by atoms with Gasteiger partial charge < -0.3 is 9.84 Å². The Bertz CT molecular complexity index is 519. The molecule has 0 aliphatic rings. The lowest BCUT2D eigenvalue weighted by Gasteiger charge is -2.03. The molecule has 2 rings (SSSR count). The Morgan fingerprint density at radius 3 is 2.63 bits per heavy atom. The minimum absolute atomic E-state index is 0.364. The van der Waals surface area contributed by atoms with Crippen LogP contribution in [0.4, 0.5) is 0 Å². The van der Waals surface area contributed by atoms with E-state index in [1.54, 1.807) is 6.07 Å². The molecule has 1 aromatic heterocycles. The molecule has 0 amide bonds. The molecule has 0 atom stereocenters. The molecule has 2 aromatic rings. The maximum atomic E-state index is 10.7. The van der Waals surface area contributed by atoms with Crippen LogP contribution in [0.1, 0.15) is 26.5 Å². The summed E-state index contributed by atoms with van der Waals surface area (Å²) in [5, 5.41) is 8.80. The van der Waals surface area contributed by atoms with Crippen LogP contribution in [0.25, 0.3) is 0 Å². The molecule has 0 fully saturated rings. The van der Waals surface area contributed by atoms with E-state index < -0.39 is 5.97 Å². The highest BCUT2D eigenvalue weighted by Gasteiger charge is 2.06. The fourth-order valence-corrected chi connectivity index (χ4v) is 2.55. The quantitative estimate of drug-likeness (QED) is 0.786. The molecule has 0 aliphatic carbocycles. The van der Waals surface area contributed by atoms with E-state index in [9.17, 15) is 4.79 Å². The van der Waals surface area contributed by atoms with Crippen molar-refractivity contribution in [2.75, 3.05) is 6.61 Å². The van der Waals surface area contributed by atoms with Crippen LogP contribution < -0.4 is 0 Å². The smallest absolute Gasteiger partial charge is 0.345 e. The van der Waals surface area contributed by atoms with Crippen LogP contribution in [-0.2, 0) is 17.8 Å². The molecular weight excluding hydrogens is 260 g/mol. The standard InChI is InChI=1S/C15H16O3S/c16-15(17)14-9-8-13(19-14)11-18-10-4-7-12-5-2-1-3-6-12/h1-3,5-6,8-9H,4,7,10-11H2,(H,16,17). The van der Waals surface area contributed by atoms with Crippen molar-refractivity contribution in [3.05, 3.63) is 57.8 Å². The number of aryl methyl sites for hydroxylation is 1. The molecule has 0 unspecified atom stereocenters. The Kier molecular flexibility index (Phi) is 5.12. The van der Waals surface area contributed by atoms with Crippen molar-refractivity contribution in [1.29, 1.82) is 0 Å². The zero-order valence-corrected chi connectivity index (χ0v) is 11.4. The summed E-state index contributed by atoms with van der Waals surface area (Å²) < 4.78 is 5.55. The third-order valence-electron chi connectivity index (χ3n) is 2.71. The number of aromatic carboxylic acids is 1. The number of hydrogen-bond acceptors (Lipinski definition) is 3. The van der Waals surface area contributed by atoms with E-state index in [4.69, 9.17) is 9.84 Å². The Morgan fingerprint density at radius 1 is 1.16 bits per heavy atom. The predicted molar refractivity (Wildman–Crippen MR) is 75.7 cm³/mol. The summed E-state index contributed by atoms with van der Waals surface area (Å²) in [5.74, 6) is -0.875. The normalized spacial score (nSPS) is 10.5.